The van der Waals surface area contributed by atoms with Gasteiger partial charge in [-0.25, -0.2) is 4.79 Å². The van der Waals surface area contributed by atoms with Gasteiger partial charge in [0.25, 0.3) is 0 Å². The number of aryl methyl sites for hydroxylation is 1. The lowest BCUT2D eigenvalue weighted by atomic mass is 10.1. The van der Waals surface area contributed by atoms with E-state index < -0.39 is 5.97 Å². The van der Waals surface area contributed by atoms with E-state index in [0.717, 1.165) is 22.1 Å². The highest BCUT2D eigenvalue weighted by atomic mass is 32.1. The molecule has 0 aromatic carbocycles. The highest BCUT2D eigenvalue weighted by Gasteiger charge is 2.15. The molecule has 1 N–H and O–H groups in total. The summed E-state index contributed by atoms with van der Waals surface area (Å²) in [5, 5.41) is 9.96. The number of rotatable bonds is 2. The Morgan fingerprint density at radius 2 is 2.43 bits per heavy atom. The van der Waals surface area contributed by atoms with Gasteiger partial charge in [0.05, 0.1) is 0 Å². The van der Waals surface area contributed by atoms with E-state index >= 15 is 0 Å². The molecule has 0 aliphatic rings. The number of carboxylic acids is 1. The standard InChI is InChI=1S/C10H9NO2S/c1-2-6-7-5-11-4-3-8(7)14-9(6)10(12)13/h3-5H,2H2,1H3,(H,12,13). The number of hydrogen-bond donors (Lipinski definition) is 1. The van der Waals surface area contributed by atoms with Gasteiger partial charge in [-0.2, -0.15) is 0 Å². The molecule has 0 bridgehead atoms. The van der Waals surface area contributed by atoms with Gasteiger partial charge in [0.1, 0.15) is 4.88 Å². The smallest absolute Gasteiger partial charge is 0.346 e. The fraction of sp³-hybridized carbons (Fsp3) is 0.200. The molecule has 2 heterocycles. The Bertz CT molecular complexity index is 490. The maximum atomic E-state index is 10.9. The normalized spacial score (nSPS) is 10.6. The van der Waals surface area contributed by atoms with Gasteiger partial charge in [-0.15, -0.1) is 11.3 Å². The fourth-order valence-corrected chi connectivity index (χ4v) is 2.61. The molecular weight excluding hydrogens is 198 g/mol. The van der Waals surface area contributed by atoms with Crippen molar-refractivity contribution in [3.63, 3.8) is 0 Å². The van der Waals surface area contributed by atoms with Gasteiger partial charge in [0.2, 0.25) is 0 Å². The fourth-order valence-electron chi connectivity index (χ4n) is 1.51. The van der Waals surface area contributed by atoms with Crippen LogP contribution in [0.2, 0.25) is 0 Å². The molecule has 0 spiro atoms. The van der Waals surface area contributed by atoms with E-state index in [0.29, 0.717) is 4.88 Å². The number of carboxylic acid groups (broad SMARTS) is 1. The summed E-state index contributed by atoms with van der Waals surface area (Å²) < 4.78 is 0.995. The molecule has 0 saturated carbocycles. The van der Waals surface area contributed by atoms with Crippen LogP contribution in [0.5, 0.6) is 0 Å². The van der Waals surface area contributed by atoms with E-state index in [9.17, 15) is 4.79 Å². The summed E-state index contributed by atoms with van der Waals surface area (Å²) in [6, 6.07) is 1.85. The van der Waals surface area contributed by atoms with E-state index in [2.05, 4.69) is 4.98 Å². The Balaban J connectivity index is 2.78. The minimum absolute atomic E-state index is 0.440. The first kappa shape index (κ1) is 9.15. The van der Waals surface area contributed by atoms with Crippen LogP contribution < -0.4 is 0 Å². The molecule has 72 valence electrons. The number of thiophene rings is 1. The first-order chi connectivity index (χ1) is 6.74. The number of fused-ring (bicyclic) bond motifs is 1. The summed E-state index contributed by atoms with van der Waals surface area (Å²) in [7, 11) is 0. The van der Waals surface area contributed by atoms with E-state index in [1.165, 1.54) is 11.3 Å². The van der Waals surface area contributed by atoms with Gasteiger partial charge < -0.3 is 5.11 Å². The third kappa shape index (κ3) is 1.28. The average Bonchev–Trinajstić information content (AvgIpc) is 2.56. The number of carbonyl (C=O) groups is 1. The summed E-state index contributed by atoms with van der Waals surface area (Å²) in [5.41, 5.74) is 0.894. The molecule has 0 amide bonds. The van der Waals surface area contributed by atoms with Crippen molar-refractivity contribution in [1.29, 1.82) is 0 Å². The van der Waals surface area contributed by atoms with Crippen LogP contribution in [0.15, 0.2) is 18.5 Å². The molecule has 0 aliphatic carbocycles. The van der Waals surface area contributed by atoms with Crippen LogP contribution >= 0.6 is 11.3 Å². The second-order valence-electron chi connectivity index (χ2n) is 2.94. The van der Waals surface area contributed by atoms with E-state index in [4.69, 9.17) is 5.11 Å². The first-order valence-electron chi connectivity index (χ1n) is 4.32. The quantitative estimate of drug-likeness (QED) is 0.823. The summed E-state index contributed by atoms with van der Waals surface area (Å²) in [5.74, 6) is -0.844. The van der Waals surface area contributed by atoms with Gasteiger partial charge in [0.15, 0.2) is 0 Å². The number of pyridine rings is 1. The van der Waals surface area contributed by atoms with Gasteiger partial charge in [0, 0.05) is 22.5 Å². The Morgan fingerprint density at radius 1 is 1.64 bits per heavy atom. The zero-order valence-electron chi connectivity index (χ0n) is 7.65. The van der Waals surface area contributed by atoms with Crippen LogP contribution in [0.4, 0.5) is 0 Å². The lowest BCUT2D eigenvalue weighted by Crippen LogP contribution is -1.96. The lowest BCUT2D eigenvalue weighted by Gasteiger charge is -1.94. The van der Waals surface area contributed by atoms with Crippen molar-refractivity contribution in [2.75, 3.05) is 0 Å². The van der Waals surface area contributed by atoms with Crippen LogP contribution in [0, 0.1) is 0 Å². The van der Waals surface area contributed by atoms with Crippen molar-refractivity contribution in [3.8, 4) is 0 Å². The zero-order valence-corrected chi connectivity index (χ0v) is 8.47. The lowest BCUT2D eigenvalue weighted by molar-refractivity contribution is 0.0701. The summed E-state index contributed by atoms with van der Waals surface area (Å²) in [6.45, 7) is 1.96. The Kier molecular flexibility index (Phi) is 2.21. The number of nitrogens with zero attached hydrogens (tertiary/aromatic N) is 1. The van der Waals surface area contributed by atoms with Crippen molar-refractivity contribution < 1.29 is 9.90 Å². The van der Waals surface area contributed by atoms with Crippen LogP contribution in [0.1, 0.15) is 22.2 Å². The van der Waals surface area contributed by atoms with Crippen molar-refractivity contribution in [2.24, 2.45) is 0 Å². The van der Waals surface area contributed by atoms with Crippen molar-refractivity contribution >= 4 is 27.4 Å². The predicted octanol–water partition coefficient (Wildman–Crippen LogP) is 2.56. The third-order valence-corrected chi connectivity index (χ3v) is 3.34. The largest absolute Gasteiger partial charge is 0.477 e. The molecule has 0 atom stereocenters. The van der Waals surface area contributed by atoms with Crippen LogP contribution in [-0.2, 0) is 6.42 Å². The van der Waals surface area contributed by atoms with Crippen molar-refractivity contribution in [1.82, 2.24) is 4.98 Å². The van der Waals surface area contributed by atoms with Crippen molar-refractivity contribution in [2.45, 2.75) is 13.3 Å². The second-order valence-corrected chi connectivity index (χ2v) is 3.99. The Labute approximate surface area is 85.0 Å². The first-order valence-corrected chi connectivity index (χ1v) is 5.14. The molecule has 2 aromatic rings. The molecular formula is C10H9NO2S. The molecule has 0 unspecified atom stereocenters. The zero-order chi connectivity index (χ0) is 10.1. The number of hydrogen-bond acceptors (Lipinski definition) is 3. The van der Waals surface area contributed by atoms with Crippen molar-refractivity contribution in [3.05, 3.63) is 28.9 Å². The topological polar surface area (TPSA) is 50.2 Å². The van der Waals surface area contributed by atoms with Gasteiger partial charge in [-0.3, -0.25) is 4.98 Å². The molecule has 2 aromatic heterocycles. The summed E-state index contributed by atoms with van der Waals surface area (Å²) in [6.07, 6.45) is 4.15. The molecule has 0 saturated heterocycles. The number of aromatic nitrogens is 1. The molecule has 2 rings (SSSR count). The minimum Gasteiger partial charge on any atom is -0.477 e. The SMILES string of the molecule is CCc1c(C(=O)O)sc2ccncc12. The summed E-state index contributed by atoms with van der Waals surface area (Å²) in [4.78, 5) is 15.4. The maximum Gasteiger partial charge on any atom is 0.346 e. The highest BCUT2D eigenvalue weighted by Crippen LogP contribution is 2.30. The summed E-state index contributed by atoms with van der Waals surface area (Å²) >= 11 is 1.32. The molecule has 3 nitrogen and oxygen atoms in total. The number of aromatic carboxylic acids is 1. The monoisotopic (exact) mass is 207 g/mol. The molecule has 14 heavy (non-hydrogen) atoms. The average molecular weight is 207 g/mol. The predicted molar refractivity (Wildman–Crippen MR) is 56.0 cm³/mol. The van der Waals surface area contributed by atoms with Gasteiger partial charge >= 0.3 is 5.97 Å². The second kappa shape index (κ2) is 3.38. The van der Waals surface area contributed by atoms with E-state index in [-0.39, 0.29) is 0 Å². The maximum absolute atomic E-state index is 10.9. The van der Waals surface area contributed by atoms with Crippen LogP contribution in [0.25, 0.3) is 10.1 Å². The van der Waals surface area contributed by atoms with Gasteiger partial charge in [-0.05, 0) is 18.1 Å². The Morgan fingerprint density at radius 3 is 3.07 bits per heavy atom. The minimum atomic E-state index is -0.844. The van der Waals surface area contributed by atoms with E-state index in [1.54, 1.807) is 12.4 Å². The molecule has 4 heteroatoms. The highest BCUT2D eigenvalue weighted by molar-refractivity contribution is 7.21. The van der Waals surface area contributed by atoms with E-state index in [1.807, 2.05) is 13.0 Å². The molecule has 0 radical (unpaired) electrons. The third-order valence-electron chi connectivity index (χ3n) is 2.14. The molecule has 0 aliphatic heterocycles. The van der Waals surface area contributed by atoms with Crippen LogP contribution in [-0.4, -0.2) is 16.1 Å². The Hall–Kier alpha value is -1.42. The molecule has 0 fully saturated rings. The van der Waals surface area contributed by atoms with Crippen LogP contribution in [0.3, 0.4) is 0 Å². The van der Waals surface area contributed by atoms with Gasteiger partial charge in [-0.1, -0.05) is 6.92 Å².